The molecular formula is C15H22N2. The van der Waals surface area contributed by atoms with Crippen molar-refractivity contribution in [3.05, 3.63) is 35.4 Å². The number of rotatable bonds is 1. The van der Waals surface area contributed by atoms with E-state index in [4.69, 9.17) is 0 Å². The van der Waals surface area contributed by atoms with E-state index in [1.807, 2.05) is 0 Å². The summed E-state index contributed by atoms with van der Waals surface area (Å²) in [5, 5.41) is 0. The Morgan fingerprint density at radius 3 is 2.65 bits per heavy atom. The largest absolute Gasteiger partial charge is 0.304 e. The van der Waals surface area contributed by atoms with Crippen molar-refractivity contribution in [3.63, 3.8) is 0 Å². The first kappa shape index (κ1) is 11.2. The van der Waals surface area contributed by atoms with E-state index in [-0.39, 0.29) is 0 Å². The van der Waals surface area contributed by atoms with Crippen LogP contribution < -0.4 is 0 Å². The molecule has 1 atom stereocenters. The van der Waals surface area contributed by atoms with Gasteiger partial charge in [-0.05, 0) is 37.4 Å². The van der Waals surface area contributed by atoms with Crippen LogP contribution >= 0.6 is 0 Å². The molecule has 1 aromatic rings. The predicted octanol–water partition coefficient (Wildman–Crippen LogP) is 2.31. The third kappa shape index (κ3) is 2.24. The van der Waals surface area contributed by atoms with Gasteiger partial charge in [-0.3, -0.25) is 4.90 Å². The quantitative estimate of drug-likeness (QED) is 0.730. The average Bonchev–Trinajstić information content (AvgIpc) is 2.39. The van der Waals surface area contributed by atoms with Gasteiger partial charge in [0.2, 0.25) is 0 Å². The Hall–Kier alpha value is -0.860. The predicted molar refractivity (Wildman–Crippen MR) is 71.2 cm³/mol. The molecule has 0 aromatic heterocycles. The number of aryl methyl sites for hydroxylation is 1. The van der Waals surface area contributed by atoms with Gasteiger partial charge in [-0.1, -0.05) is 24.3 Å². The summed E-state index contributed by atoms with van der Waals surface area (Å²) >= 11 is 0. The Balaban J connectivity index is 1.80. The molecule has 0 N–H and O–H groups in total. The van der Waals surface area contributed by atoms with Crippen LogP contribution in [0.1, 0.15) is 30.0 Å². The molecule has 3 rings (SSSR count). The molecular weight excluding hydrogens is 208 g/mol. The van der Waals surface area contributed by atoms with Gasteiger partial charge in [-0.15, -0.1) is 0 Å². The van der Waals surface area contributed by atoms with Crippen molar-refractivity contribution < 1.29 is 0 Å². The summed E-state index contributed by atoms with van der Waals surface area (Å²) in [7, 11) is 2.23. The van der Waals surface area contributed by atoms with Crippen LogP contribution in [0.4, 0.5) is 0 Å². The van der Waals surface area contributed by atoms with Crippen molar-refractivity contribution in [1.82, 2.24) is 9.80 Å². The van der Waals surface area contributed by atoms with Crippen molar-refractivity contribution in [2.45, 2.75) is 25.3 Å². The first-order chi connectivity index (χ1) is 8.34. The number of hydrogen-bond donors (Lipinski definition) is 0. The fourth-order valence-electron chi connectivity index (χ4n) is 3.24. The van der Waals surface area contributed by atoms with Crippen LogP contribution in [0.15, 0.2) is 24.3 Å². The fraction of sp³-hybridized carbons (Fsp3) is 0.600. The number of fused-ring (bicyclic) bond motifs is 1. The van der Waals surface area contributed by atoms with Gasteiger partial charge >= 0.3 is 0 Å². The van der Waals surface area contributed by atoms with Crippen LogP contribution in [0.5, 0.6) is 0 Å². The SMILES string of the molecule is CN1CCN(C2CCCc3ccccc32)CC1. The lowest BCUT2D eigenvalue weighted by molar-refractivity contribution is 0.102. The lowest BCUT2D eigenvalue weighted by Crippen LogP contribution is -2.46. The van der Waals surface area contributed by atoms with Crippen LogP contribution in [-0.2, 0) is 6.42 Å². The summed E-state index contributed by atoms with van der Waals surface area (Å²) in [6.45, 7) is 4.91. The Labute approximate surface area is 104 Å². The van der Waals surface area contributed by atoms with Crippen LogP contribution in [-0.4, -0.2) is 43.0 Å². The second-order valence-electron chi connectivity index (χ2n) is 5.45. The number of nitrogens with zero attached hydrogens (tertiary/aromatic N) is 2. The third-order valence-corrected chi connectivity index (χ3v) is 4.32. The van der Waals surface area contributed by atoms with Gasteiger partial charge in [0.25, 0.3) is 0 Å². The fourth-order valence-corrected chi connectivity index (χ4v) is 3.24. The summed E-state index contributed by atoms with van der Waals surface area (Å²) in [5.74, 6) is 0. The zero-order valence-corrected chi connectivity index (χ0v) is 10.7. The summed E-state index contributed by atoms with van der Waals surface area (Å²) in [6, 6.07) is 9.74. The highest BCUT2D eigenvalue weighted by Gasteiger charge is 2.27. The van der Waals surface area contributed by atoms with Crippen LogP contribution in [0.25, 0.3) is 0 Å². The maximum atomic E-state index is 2.69. The zero-order chi connectivity index (χ0) is 11.7. The number of likely N-dealkylation sites (N-methyl/N-ethyl adjacent to an activating group) is 1. The van der Waals surface area contributed by atoms with Crippen LogP contribution in [0, 0.1) is 0 Å². The van der Waals surface area contributed by atoms with Crippen molar-refractivity contribution in [2.75, 3.05) is 33.2 Å². The molecule has 1 saturated heterocycles. The molecule has 0 radical (unpaired) electrons. The molecule has 0 bridgehead atoms. The van der Waals surface area contributed by atoms with Gasteiger partial charge in [-0.2, -0.15) is 0 Å². The number of hydrogen-bond acceptors (Lipinski definition) is 2. The minimum atomic E-state index is 0.689. The van der Waals surface area contributed by atoms with Gasteiger partial charge in [0.15, 0.2) is 0 Å². The first-order valence-electron chi connectivity index (χ1n) is 6.85. The summed E-state index contributed by atoms with van der Waals surface area (Å²) in [4.78, 5) is 5.13. The van der Waals surface area contributed by atoms with Gasteiger partial charge in [-0.25, -0.2) is 0 Å². The molecule has 1 heterocycles. The Morgan fingerprint density at radius 2 is 1.82 bits per heavy atom. The topological polar surface area (TPSA) is 6.48 Å². The Kier molecular flexibility index (Phi) is 3.17. The standard InChI is InChI=1S/C15H22N2/c1-16-9-11-17(12-10-16)15-8-4-6-13-5-2-3-7-14(13)15/h2-3,5,7,15H,4,6,8-12H2,1H3. The Morgan fingerprint density at radius 1 is 1.06 bits per heavy atom. The molecule has 1 aliphatic carbocycles. The molecule has 92 valence electrons. The molecule has 17 heavy (non-hydrogen) atoms. The highest BCUT2D eigenvalue weighted by Crippen LogP contribution is 2.34. The minimum absolute atomic E-state index is 0.689. The maximum absolute atomic E-state index is 2.69. The molecule has 0 saturated carbocycles. The summed E-state index contributed by atoms with van der Waals surface area (Å²) < 4.78 is 0. The van der Waals surface area contributed by atoms with Gasteiger partial charge in [0.05, 0.1) is 0 Å². The second-order valence-corrected chi connectivity index (χ2v) is 5.45. The monoisotopic (exact) mass is 230 g/mol. The van der Waals surface area contributed by atoms with E-state index in [1.54, 1.807) is 11.1 Å². The van der Waals surface area contributed by atoms with E-state index in [1.165, 1.54) is 45.4 Å². The zero-order valence-electron chi connectivity index (χ0n) is 10.7. The van der Waals surface area contributed by atoms with E-state index >= 15 is 0 Å². The lowest BCUT2D eigenvalue weighted by Gasteiger charge is -2.40. The van der Waals surface area contributed by atoms with E-state index in [2.05, 4.69) is 41.1 Å². The number of benzene rings is 1. The molecule has 2 nitrogen and oxygen atoms in total. The van der Waals surface area contributed by atoms with Crippen molar-refractivity contribution in [3.8, 4) is 0 Å². The van der Waals surface area contributed by atoms with E-state index in [0.717, 1.165) is 0 Å². The summed E-state index contributed by atoms with van der Waals surface area (Å²) in [5.41, 5.74) is 3.19. The second kappa shape index (κ2) is 4.79. The smallest absolute Gasteiger partial charge is 0.0352 e. The number of piperazine rings is 1. The molecule has 0 spiro atoms. The van der Waals surface area contributed by atoms with E-state index < -0.39 is 0 Å². The molecule has 2 heteroatoms. The molecule has 1 aromatic carbocycles. The minimum Gasteiger partial charge on any atom is -0.304 e. The third-order valence-electron chi connectivity index (χ3n) is 4.32. The van der Waals surface area contributed by atoms with E-state index in [9.17, 15) is 0 Å². The van der Waals surface area contributed by atoms with Crippen molar-refractivity contribution >= 4 is 0 Å². The van der Waals surface area contributed by atoms with Crippen molar-refractivity contribution in [1.29, 1.82) is 0 Å². The lowest BCUT2D eigenvalue weighted by atomic mass is 9.86. The highest BCUT2D eigenvalue weighted by molar-refractivity contribution is 5.32. The summed E-state index contributed by atoms with van der Waals surface area (Å²) in [6.07, 6.45) is 3.98. The molecule has 1 fully saturated rings. The Bertz CT molecular complexity index is 380. The molecule has 0 amide bonds. The maximum Gasteiger partial charge on any atom is 0.0352 e. The van der Waals surface area contributed by atoms with Gasteiger partial charge in [0, 0.05) is 32.2 Å². The van der Waals surface area contributed by atoms with E-state index in [0.29, 0.717) is 6.04 Å². The molecule has 1 unspecified atom stereocenters. The first-order valence-corrected chi connectivity index (χ1v) is 6.85. The normalized spacial score (nSPS) is 26.8. The van der Waals surface area contributed by atoms with Crippen LogP contribution in [0.2, 0.25) is 0 Å². The van der Waals surface area contributed by atoms with Gasteiger partial charge in [0.1, 0.15) is 0 Å². The molecule has 2 aliphatic rings. The molecule has 1 aliphatic heterocycles. The van der Waals surface area contributed by atoms with Crippen LogP contribution in [0.3, 0.4) is 0 Å². The average molecular weight is 230 g/mol. The van der Waals surface area contributed by atoms with Crippen molar-refractivity contribution in [2.24, 2.45) is 0 Å². The van der Waals surface area contributed by atoms with Gasteiger partial charge < -0.3 is 4.90 Å². The highest BCUT2D eigenvalue weighted by atomic mass is 15.3.